The third-order valence-electron chi connectivity index (χ3n) is 2.99. The highest BCUT2D eigenvalue weighted by atomic mass is 16.3. The number of nitrogens with zero attached hydrogens (tertiary/aromatic N) is 3. The molecular weight excluding hydrogens is 248 g/mol. The van der Waals surface area contributed by atoms with Gasteiger partial charge in [-0.1, -0.05) is 6.92 Å². The van der Waals surface area contributed by atoms with Gasteiger partial charge in [-0.25, -0.2) is 4.68 Å². The molecule has 0 bridgehead atoms. The van der Waals surface area contributed by atoms with Gasteiger partial charge < -0.3 is 10.2 Å². The molecule has 0 aliphatic carbocycles. The van der Waals surface area contributed by atoms with E-state index in [-0.39, 0.29) is 12.1 Å². The topological polar surface area (TPSA) is 95.5 Å². The second-order valence-electron chi connectivity index (χ2n) is 4.23. The number of furan rings is 1. The molecule has 1 amide bonds. The first-order valence-electron chi connectivity index (χ1n) is 5.88. The minimum absolute atomic E-state index is 0.227. The van der Waals surface area contributed by atoms with Crippen molar-refractivity contribution in [1.82, 2.24) is 14.2 Å². The molecule has 3 heterocycles. The molecule has 0 aliphatic heterocycles. The van der Waals surface area contributed by atoms with Crippen molar-refractivity contribution in [2.24, 2.45) is 5.73 Å². The molecule has 7 nitrogen and oxygen atoms in total. The number of carbonyl (C=O) groups is 1. The van der Waals surface area contributed by atoms with E-state index >= 15 is 0 Å². The fourth-order valence-electron chi connectivity index (χ4n) is 2.21. The first-order valence-corrected chi connectivity index (χ1v) is 5.88. The molecule has 0 fully saturated rings. The Hall–Kier alpha value is -2.57. The summed E-state index contributed by atoms with van der Waals surface area (Å²) < 4.78 is 8.13. The maximum absolute atomic E-state index is 12.2. The molecule has 0 saturated carbocycles. The van der Waals surface area contributed by atoms with Crippen LogP contribution < -0.4 is 11.3 Å². The van der Waals surface area contributed by atoms with Gasteiger partial charge in [-0.3, -0.25) is 14.0 Å². The Morgan fingerprint density at radius 1 is 1.47 bits per heavy atom. The summed E-state index contributed by atoms with van der Waals surface area (Å²) >= 11 is 0. The van der Waals surface area contributed by atoms with Gasteiger partial charge in [0.15, 0.2) is 5.58 Å². The van der Waals surface area contributed by atoms with Gasteiger partial charge in [0.1, 0.15) is 17.9 Å². The van der Waals surface area contributed by atoms with E-state index in [4.69, 9.17) is 10.2 Å². The highest BCUT2D eigenvalue weighted by molar-refractivity contribution is 5.82. The van der Waals surface area contributed by atoms with Crippen molar-refractivity contribution in [2.45, 2.75) is 19.9 Å². The summed E-state index contributed by atoms with van der Waals surface area (Å²) in [6.45, 7) is 1.70. The number of primary amides is 1. The van der Waals surface area contributed by atoms with Crippen LogP contribution in [0.5, 0.6) is 0 Å². The largest absolute Gasteiger partial charge is 0.463 e. The molecule has 0 atom stereocenters. The van der Waals surface area contributed by atoms with Gasteiger partial charge in [0, 0.05) is 18.6 Å². The molecule has 3 rings (SSSR count). The molecule has 0 unspecified atom stereocenters. The number of aryl methyl sites for hydroxylation is 1. The molecule has 3 aromatic heterocycles. The SMILES string of the molecule is CCc1nn(CC(N)=O)c(=O)c2cc3occc3n12. The second-order valence-corrected chi connectivity index (χ2v) is 4.23. The molecule has 0 aromatic carbocycles. The lowest BCUT2D eigenvalue weighted by molar-refractivity contribution is -0.118. The van der Waals surface area contributed by atoms with Crippen LogP contribution in [-0.4, -0.2) is 20.1 Å². The summed E-state index contributed by atoms with van der Waals surface area (Å²) in [6, 6.07) is 3.43. The highest BCUT2D eigenvalue weighted by Gasteiger charge is 2.15. The van der Waals surface area contributed by atoms with Crippen LogP contribution in [0.25, 0.3) is 16.6 Å². The Balaban J connectivity index is 2.42. The van der Waals surface area contributed by atoms with Crippen LogP contribution in [0.2, 0.25) is 0 Å². The number of carbonyl (C=O) groups excluding carboxylic acids is 1. The number of nitrogens with two attached hydrogens (primary N) is 1. The zero-order valence-corrected chi connectivity index (χ0v) is 10.3. The Morgan fingerprint density at radius 2 is 2.26 bits per heavy atom. The first kappa shape index (κ1) is 11.5. The van der Waals surface area contributed by atoms with E-state index in [2.05, 4.69) is 5.10 Å². The predicted molar refractivity (Wildman–Crippen MR) is 67.8 cm³/mol. The average molecular weight is 260 g/mol. The van der Waals surface area contributed by atoms with Crippen LogP contribution in [-0.2, 0) is 17.8 Å². The highest BCUT2D eigenvalue weighted by Crippen LogP contribution is 2.20. The van der Waals surface area contributed by atoms with Gasteiger partial charge in [0.05, 0.1) is 11.8 Å². The number of fused-ring (bicyclic) bond motifs is 3. The van der Waals surface area contributed by atoms with E-state index in [1.54, 1.807) is 22.8 Å². The van der Waals surface area contributed by atoms with Gasteiger partial charge in [0.2, 0.25) is 5.91 Å². The number of amides is 1. The van der Waals surface area contributed by atoms with E-state index in [1.165, 1.54) is 0 Å². The lowest BCUT2D eigenvalue weighted by atomic mass is 10.4. The smallest absolute Gasteiger partial charge is 0.291 e. The molecule has 98 valence electrons. The van der Waals surface area contributed by atoms with E-state index in [0.29, 0.717) is 23.3 Å². The summed E-state index contributed by atoms with van der Waals surface area (Å²) in [4.78, 5) is 23.2. The van der Waals surface area contributed by atoms with Crippen LogP contribution in [0.4, 0.5) is 0 Å². The molecule has 7 heteroatoms. The third-order valence-corrected chi connectivity index (χ3v) is 2.99. The third kappa shape index (κ3) is 1.62. The van der Waals surface area contributed by atoms with Crippen LogP contribution in [0, 0.1) is 0 Å². The first-order chi connectivity index (χ1) is 9.11. The number of hydrogen-bond donors (Lipinski definition) is 1. The lowest BCUT2D eigenvalue weighted by Crippen LogP contribution is -2.32. The van der Waals surface area contributed by atoms with Crippen LogP contribution in [0.1, 0.15) is 12.7 Å². The fourth-order valence-corrected chi connectivity index (χ4v) is 2.21. The van der Waals surface area contributed by atoms with E-state index < -0.39 is 5.91 Å². The minimum atomic E-state index is -0.601. The van der Waals surface area contributed by atoms with E-state index in [9.17, 15) is 9.59 Å². The van der Waals surface area contributed by atoms with Crippen molar-refractivity contribution >= 4 is 22.5 Å². The lowest BCUT2D eigenvalue weighted by Gasteiger charge is -2.07. The molecule has 0 aliphatic rings. The Labute approximate surface area is 107 Å². The van der Waals surface area contributed by atoms with E-state index in [1.807, 2.05) is 6.92 Å². The van der Waals surface area contributed by atoms with Gasteiger partial charge in [-0.05, 0) is 0 Å². The quantitative estimate of drug-likeness (QED) is 0.732. The molecule has 19 heavy (non-hydrogen) atoms. The Bertz CT molecular complexity index is 840. The molecule has 0 saturated heterocycles. The number of aromatic nitrogens is 3. The summed E-state index contributed by atoms with van der Waals surface area (Å²) in [7, 11) is 0. The van der Waals surface area contributed by atoms with Crippen LogP contribution in [0.15, 0.2) is 27.6 Å². The maximum atomic E-state index is 12.2. The monoisotopic (exact) mass is 260 g/mol. The molecular formula is C12H12N4O3. The minimum Gasteiger partial charge on any atom is -0.463 e. The van der Waals surface area contributed by atoms with Crippen molar-refractivity contribution < 1.29 is 9.21 Å². The second kappa shape index (κ2) is 3.98. The fraction of sp³-hybridized carbons (Fsp3) is 0.250. The van der Waals surface area contributed by atoms with Crippen molar-refractivity contribution in [3.05, 3.63) is 34.6 Å². The van der Waals surface area contributed by atoms with Gasteiger partial charge in [-0.15, -0.1) is 0 Å². The van der Waals surface area contributed by atoms with Crippen molar-refractivity contribution in [3.63, 3.8) is 0 Å². The van der Waals surface area contributed by atoms with Crippen LogP contribution in [0.3, 0.4) is 0 Å². The average Bonchev–Trinajstić information content (AvgIpc) is 2.92. The van der Waals surface area contributed by atoms with Crippen molar-refractivity contribution in [1.29, 1.82) is 0 Å². The maximum Gasteiger partial charge on any atom is 0.291 e. The number of hydrogen-bond acceptors (Lipinski definition) is 4. The Morgan fingerprint density at radius 3 is 2.95 bits per heavy atom. The van der Waals surface area contributed by atoms with Crippen LogP contribution >= 0.6 is 0 Å². The van der Waals surface area contributed by atoms with Crippen molar-refractivity contribution in [3.8, 4) is 0 Å². The summed E-state index contributed by atoms with van der Waals surface area (Å²) in [6.07, 6.45) is 2.18. The molecule has 0 spiro atoms. The normalized spacial score (nSPS) is 11.4. The van der Waals surface area contributed by atoms with Gasteiger partial charge in [0.25, 0.3) is 5.56 Å². The van der Waals surface area contributed by atoms with E-state index in [0.717, 1.165) is 10.2 Å². The van der Waals surface area contributed by atoms with Gasteiger partial charge in [-0.2, -0.15) is 5.10 Å². The standard InChI is InChI=1S/C12H12N4O3/c1-2-11-14-15(6-10(13)17)12(18)8-5-9-7(16(8)11)3-4-19-9/h3-5H,2,6H2,1H3,(H2,13,17). The zero-order chi connectivity index (χ0) is 13.6. The molecule has 0 radical (unpaired) electrons. The summed E-state index contributed by atoms with van der Waals surface area (Å²) in [5, 5.41) is 4.19. The summed E-state index contributed by atoms with van der Waals surface area (Å²) in [5.74, 6) is 0.0727. The molecule has 2 N–H and O–H groups in total. The Kier molecular flexibility index (Phi) is 2.41. The molecule has 3 aromatic rings. The van der Waals surface area contributed by atoms with Gasteiger partial charge >= 0.3 is 0 Å². The van der Waals surface area contributed by atoms with Crippen molar-refractivity contribution in [2.75, 3.05) is 0 Å². The summed E-state index contributed by atoms with van der Waals surface area (Å²) in [5.41, 5.74) is 6.60. The number of rotatable bonds is 3. The predicted octanol–water partition coefficient (Wildman–Crippen LogP) is 0.290. The zero-order valence-electron chi connectivity index (χ0n) is 10.3.